The Labute approximate surface area is 201 Å². The molecule has 1 saturated heterocycles. The number of carbonyl (C=O) groups excluding carboxylic acids is 4. The highest BCUT2D eigenvalue weighted by molar-refractivity contribution is 5.88. The summed E-state index contributed by atoms with van der Waals surface area (Å²) in [5.41, 5.74) is -0.609. The van der Waals surface area contributed by atoms with E-state index in [1.54, 1.807) is 6.08 Å². The van der Waals surface area contributed by atoms with Crippen molar-refractivity contribution in [1.82, 2.24) is 0 Å². The van der Waals surface area contributed by atoms with Crippen molar-refractivity contribution in [1.29, 1.82) is 0 Å². The lowest BCUT2D eigenvalue weighted by Gasteiger charge is -2.59. The van der Waals surface area contributed by atoms with E-state index in [-0.39, 0.29) is 30.5 Å². The first-order valence-corrected chi connectivity index (χ1v) is 11.9. The Balaban J connectivity index is 2.19. The number of esters is 3. The lowest BCUT2D eigenvalue weighted by molar-refractivity contribution is -0.231. The first kappa shape index (κ1) is 26.1. The highest BCUT2D eigenvalue weighted by atomic mass is 16.8. The molecule has 8 nitrogen and oxygen atoms in total. The number of carbonyl (C=O) groups is 4. The van der Waals surface area contributed by atoms with Gasteiger partial charge >= 0.3 is 17.9 Å². The summed E-state index contributed by atoms with van der Waals surface area (Å²) in [5.74, 6) is -2.61. The summed E-state index contributed by atoms with van der Waals surface area (Å²) in [6, 6.07) is 0. The summed E-state index contributed by atoms with van der Waals surface area (Å²) in [6.45, 7) is 13.8. The molecule has 8 atom stereocenters. The Morgan fingerprint density at radius 2 is 1.68 bits per heavy atom. The molecule has 0 bridgehead atoms. The van der Waals surface area contributed by atoms with E-state index in [9.17, 15) is 19.2 Å². The fourth-order valence-corrected chi connectivity index (χ4v) is 6.36. The molecule has 34 heavy (non-hydrogen) atoms. The smallest absolute Gasteiger partial charge is 0.304 e. The molecule has 0 radical (unpaired) electrons. The summed E-state index contributed by atoms with van der Waals surface area (Å²) in [6.07, 6.45) is 2.72. The van der Waals surface area contributed by atoms with E-state index in [4.69, 9.17) is 18.9 Å². The number of rotatable bonds is 6. The molecule has 3 rings (SSSR count). The Bertz CT molecular complexity index is 906. The number of hydrogen-bond acceptors (Lipinski definition) is 8. The first-order chi connectivity index (χ1) is 15.9. The second kappa shape index (κ2) is 9.64. The van der Waals surface area contributed by atoms with Crippen molar-refractivity contribution in [2.24, 2.45) is 28.6 Å². The standard InChI is InChI=1S/C26H36O8/c1-8-14(2)9-10-25(7)15(3)11-22(30)26-20(12-19(13-21(25)26)31-16(4)27)23(32-17(5)28)34-24(26)33-18(6)29/h8-9,15,19-21,23-24H,1,10-13H2,2-7H3/b14-9+/t15-,19-,20+,21+,23+,24-,25-,26-/m1/s1. The summed E-state index contributed by atoms with van der Waals surface area (Å²) in [5, 5.41) is 0. The minimum absolute atomic E-state index is 0.00646. The van der Waals surface area contributed by atoms with Crippen molar-refractivity contribution in [2.45, 2.75) is 85.9 Å². The van der Waals surface area contributed by atoms with Gasteiger partial charge in [0, 0.05) is 33.1 Å². The van der Waals surface area contributed by atoms with Crippen molar-refractivity contribution in [2.75, 3.05) is 0 Å². The Kier molecular flexibility index (Phi) is 7.41. The zero-order valence-electron chi connectivity index (χ0n) is 20.9. The van der Waals surface area contributed by atoms with Crippen molar-refractivity contribution < 1.29 is 38.1 Å². The van der Waals surface area contributed by atoms with Crippen LogP contribution >= 0.6 is 0 Å². The van der Waals surface area contributed by atoms with Crippen LogP contribution in [0.25, 0.3) is 0 Å². The third kappa shape index (κ3) is 4.44. The van der Waals surface area contributed by atoms with Gasteiger partial charge in [0.25, 0.3) is 0 Å². The molecule has 188 valence electrons. The highest BCUT2D eigenvalue weighted by Crippen LogP contribution is 2.67. The zero-order valence-corrected chi connectivity index (χ0v) is 20.9. The monoisotopic (exact) mass is 476 g/mol. The van der Waals surface area contributed by atoms with Crippen LogP contribution in [0, 0.1) is 28.6 Å². The van der Waals surface area contributed by atoms with Crippen LogP contribution in [0.2, 0.25) is 0 Å². The molecule has 0 N–H and O–H groups in total. The molecule has 0 amide bonds. The van der Waals surface area contributed by atoms with Crippen LogP contribution in [0.1, 0.15) is 67.2 Å². The molecule has 0 unspecified atom stereocenters. The summed E-state index contributed by atoms with van der Waals surface area (Å²) in [4.78, 5) is 49.8. The molecule has 1 heterocycles. The fraction of sp³-hybridized carbons (Fsp3) is 0.692. The topological polar surface area (TPSA) is 105 Å². The Morgan fingerprint density at radius 3 is 2.24 bits per heavy atom. The predicted molar refractivity (Wildman–Crippen MR) is 122 cm³/mol. The minimum Gasteiger partial charge on any atom is -0.463 e. The maximum Gasteiger partial charge on any atom is 0.304 e. The SMILES string of the molecule is C=C/C(C)=C/C[C@]1(C)[C@H](C)CC(=O)[C@@]23[C@H](OC(C)=O)O[C@H](OC(C)=O)[C@@H]2C[C@@H](OC(C)=O)C[C@@H]13. The minimum atomic E-state index is -1.21. The molecule has 0 aromatic heterocycles. The Hall–Kier alpha value is -2.48. The van der Waals surface area contributed by atoms with Crippen LogP contribution < -0.4 is 0 Å². The van der Waals surface area contributed by atoms with Gasteiger partial charge in [0.2, 0.25) is 12.6 Å². The highest BCUT2D eigenvalue weighted by Gasteiger charge is 2.74. The fourth-order valence-electron chi connectivity index (χ4n) is 6.36. The number of allylic oxidation sites excluding steroid dienone is 3. The molecule has 1 aliphatic heterocycles. The third-order valence-electron chi connectivity index (χ3n) is 8.15. The third-order valence-corrected chi connectivity index (χ3v) is 8.15. The van der Waals surface area contributed by atoms with Gasteiger partial charge in [-0.05, 0) is 43.4 Å². The van der Waals surface area contributed by atoms with E-state index >= 15 is 0 Å². The molecular formula is C26H36O8. The second-order valence-corrected chi connectivity index (χ2v) is 10.2. The number of ether oxygens (including phenoxy) is 4. The average Bonchev–Trinajstić information content (AvgIpc) is 3.02. The lowest BCUT2D eigenvalue weighted by atomic mass is 9.43. The normalized spacial score (nSPS) is 39.5. The number of ketones is 1. The van der Waals surface area contributed by atoms with Gasteiger partial charge in [-0.2, -0.15) is 0 Å². The van der Waals surface area contributed by atoms with Gasteiger partial charge in [-0.1, -0.05) is 38.2 Å². The van der Waals surface area contributed by atoms with Gasteiger partial charge in [0.05, 0.1) is 0 Å². The van der Waals surface area contributed by atoms with E-state index in [0.717, 1.165) is 5.57 Å². The second-order valence-electron chi connectivity index (χ2n) is 10.2. The molecular weight excluding hydrogens is 440 g/mol. The number of Topliss-reactive ketones (excluding diaryl/α,β-unsaturated/α-hetero) is 1. The van der Waals surface area contributed by atoms with Crippen molar-refractivity contribution in [3.63, 3.8) is 0 Å². The molecule has 1 spiro atoms. The van der Waals surface area contributed by atoms with Gasteiger partial charge in [0.1, 0.15) is 17.3 Å². The molecule has 2 saturated carbocycles. The van der Waals surface area contributed by atoms with Crippen molar-refractivity contribution in [3.8, 4) is 0 Å². The first-order valence-electron chi connectivity index (χ1n) is 11.9. The quantitative estimate of drug-likeness (QED) is 0.323. The summed E-state index contributed by atoms with van der Waals surface area (Å²) < 4.78 is 22.7. The predicted octanol–water partition coefficient (Wildman–Crippen LogP) is 3.88. The van der Waals surface area contributed by atoms with Crippen molar-refractivity contribution >= 4 is 23.7 Å². The van der Waals surface area contributed by atoms with Crippen LogP contribution in [0.3, 0.4) is 0 Å². The lowest BCUT2D eigenvalue weighted by Crippen LogP contribution is -2.64. The summed E-state index contributed by atoms with van der Waals surface area (Å²) >= 11 is 0. The van der Waals surface area contributed by atoms with Crippen LogP contribution in [-0.2, 0) is 38.1 Å². The maximum absolute atomic E-state index is 13.9. The summed E-state index contributed by atoms with van der Waals surface area (Å²) in [7, 11) is 0. The van der Waals surface area contributed by atoms with Gasteiger partial charge in [-0.25, -0.2) is 0 Å². The average molecular weight is 477 g/mol. The Morgan fingerprint density at radius 1 is 1.06 bits per heavy atom. The van der Waals surface area contributed by atoms with Gasteiger partial charge in [0.15, 0.2) is 0 Å². The molecule has 0 aromatic carbocycles. The molecule has 0 aromatic rings. The van der Waals surface area contributed by atoms with E-state index in [1.165, 1.54) is 20.8 Å². The number of hydrogen-bond donors (Lipinski definition) is 0. The van der Waals surface area contributed by atoms with Gasteiger partial charge < -0.3 is 18.9 Å². The largest absolute Gasteiger partial charge is 0.463 e. The molecule has 8 heteroatoms. The van der Waals surface area contributed by atoms with Crippen molar-refractivity contribution in [3.05, 3.63) is 24.3 Å². The van der Waals surface area contributed by atoms with Crippen LogP contribution in [0.5, 0.6) is 0 Å². The van der Waals surface area contributed by atoms with E-state index in [0.29, 0.717) is 12.8 Å². The van der Waals surface area contributed by atoms with E-state index in [1.807, 2.05) is 13.8 Å². The van der Waals surface area contributed by atoms with Crippen LogP contribution in [0.15, 0.2) is 24.3 Å². The maximum atomic E-state index is 13.9. The van der Waals surface area contributed by atoms with E-state index in [2.05, 4.69) is 19.6 Å². The van der Waals surface area contributed by atoms with Crippen LogP contribution in [0.4, 0.5) is 0 Å². The molecule has 3 aliphatic rings. The van der Waals surface area contributed by atoms with E-state index < -0.39 is 53.3 Å². The molecule has 3 fully saturated rings. The zero-order chi connectivity index (χ0) is 25.4. The molecule has 2 aliphatic carbocycles. The van der Waals surface area contributed by atoms with Gasteiger partial charge in [-0.15, -0.1) is 0 Å². The van der Waals surface area contributed by atoms with Gasteiger partial charge in [-0.3, -0.25) is 19.2 Å². The van der Waals surface area contributed by atoms with Crippen LogP contribution in [-0.4, -0.2) is 42.4 Å².